The highest BCUT2D eigenvalue weighted by Crippen LogP contribution is 2.24. The monoisotopic (exact) mass is 313 g/mol. The van der Waals surface area contributed by atoms with Gasteiger partial charge in [-0.05, 0) is 56.2 Å². The Morgan fingerprint density at radius 2 is 2.19 bits per heavy atom. The first kappa shape index (κ1) is 18.0. The van der Waals surface area contributed by atoms with Gasteiger partial charge in [0.15, 0.2) is 0 Å². The van der Waals surface area contributed by atoms with Crippen molar-refractivity contribution in [1.29, 1.82) is 0 Å². The highest BCUT2D eigenvalue weighted by Gasteiger charge is 2.35. The van der Waals surface area contributed by atoms with Crippen molar-refractivity contribution in [3.63, 3.8) is 0 Å². The Labute approximate surface area is 130 Å². The zero-order chi connectivity index (χ0) is 15.7. The molecule has 118 valence electrons. The van der Waals surface area contributed by atoms with Crippen LogP contribution in [0.3, 0.4) is 0 Å². The van der Waals surface area contributed by atoms with E-state index in [2.05, 4.69) is 5.32 Å². The standard InChI is InChI=1S/C16H24FNO2S/c1-3-10-18-16(4-2,15(19)20)9-6-11-21-14-8-5-7-13(17)12-14/h5,7-8,12,18H,3-4,6,9-11H2,1-2H3,(H,19,20). The smallest absolute Gasteiger partial charge is 0.323 e. The minimum absolute atomic E-state index is 0.238. The molecule has 0 aliphatic rings. The molecule has 0 aliphatic carbocycles. The molecule has 0 aromatic heterocycles. The first-order valence-electron chi connectivity index (χ1n) is 7.41. The topological polar surface area (TPSA) is 49.3 Å². The molecule has 3 nitrogen and oxygen atoms in total. The van der Waals surface area contributed by atoms with Gasteiger partial charge in [0.05, 0.1) is 0 Å². The summed E-state index contributed by atoms with van der Waals surface area (Å²) in [5.74, 6) is -0.237. The van der Waals surface area contributed by atoms with E-state index in [-0.39, 0.29) is 5.82 Å². The Bertz CT molecular complexity index is 456. The predicted octanol–water partition coefficient (Wildman–Crippen LogP) is 3.93. The average molecular weight is 313 g/mol. The number of halogens is 1. The lowest BCUT2D eigenvalue weighted by atomic mass is 9.90. The Balaban J connectivity index is 2.48. The summed E-state index contributed by atoms with van der Waals surface area (Å²) < 4.78 is 13.1. The van der Waals surface area contributed by atoms with Crippen LogP contribution in [0.1, 0.15) is 39.5 Å². The zero-order valence-corrected chi connectivity index (χ0v) is 13.5. The molecule has 5 heteroatoms. The summed E-state index contributed by atoms with van der Waals surface area (Å²) in [6.45, 7) is 4.63. The Morgan fingerprint density at radius 3 is 2.76 bits per heavy atom. The molecule has 0 spiro atoms. The van der Waals surface area contributed by atoms with Crippen molar-refractivity contribution in [2.24, 2.45) is 0 Å². The summed E-state index contributed by atoms with van der Waals surface area (Å²) in [5, 5.41) is 12.7. The molecule has 0 fully saturated rings. The number of nitrogens with one attached hydrogen (secondary N) is 1. The van der Waals surface area contributed by atoms with Crippen LogP contribution in [-0.2, 0) is 4.79 Å². The molecule has 1 atom stereocenters. The van der Waals surface area contributed by atoms with Crippen LogP contribution in [0.5, 0.6) is 0 Å². The second kappa shape index (κ2) is 9.05. The Morgan fingerprint density at radius 1 is 1.43 bits per heavy atom. The van der Waals surface area contributed by atoms with Crippen molar-refractivity contribution >= 4 is 17.7 Å². The van der Waals surface area contributed by atoms with E-state index in [1.54, 1.807) is 17.8 Å². The maximum atomic E-state index is 13.1. The highest BCUT2D eigenvalue weighted by atomic mass is 32.2. The van der Waals surface area contributed by atoms with Gasteiger partial charge in [0, 0.05) is 4.90 Å². The molecule has 0 bridgehead atoms. The van der Waals surface area contributed by atoms with E-state index < -0.39 is 11.5 Å². The third kappa shape index (κ3) is 5.67. The molecular formula is C16H24FNO2S. The number of aliphatic carboxylic acids is 1. The van der Waals surface area contributed by atoms with Gasteiger partial charge in [0.2, 0.25) is 0 Å². The molecule has 0 saturated carbocycles. The summed E-state index contributed by atoms with van der Waals surface area (Å²) in [4.78, 5) is 12.4. The minimum Gasteiger partial charge on any atom is -0.480 e. The molecule has 0 saturated heterocycles. The largest absolute Gasteiger partial charge is 0.480 e. The molecular weight excluding hydrogens is 289 g/mol. The number of hydrogen-bond acceptors (Lipinski definition) is 3. The number of benzene rings is 1. The third-order valence-electron chi connectivity index (χ3n) is 3.54. The van der Waals surface area contributed by atoms with E-state index in [4.69, 9.17) is 0 Å². The number of carboxylic acid groups (broad SMARTS) is 1. The Kier molecular flexibility index (Phi) is 7.75. The van der Waals surface area contributed by atoms with Gasteiger partial charge in [-0.1, -0.05) is 19.9 Å². The van der Waals surface area contributed by atoms with E-state index in [9.17, 15) is 14.3 Å². The molecule has 0 radical (unpaired) electrons. The molecule has 21 heavy (non-hydrogen) atoms. The van der Waals surface area contributed by atoms with Gasteiger partial charge in [-0.3, -0.25) is 4.79 Å². The van der Waals surface area contributed by atoms with Crippen LogP contribution in [0.15, 0.2) is 29.2 Å². The van der Waals surface area contributed by atoms with Gasteiger partial charge in [-0.2, -0.15) is 0 Å². The van der Waals surface area contributed by atoms with Crippen LogP contribution in [0.25, 0.3) is 0 Å². The fourth-order valence-electron chi connectivity index (χ4n) is 2.21. The third-order valence-corrected chi connectivity index (χ3v) is 4.62. The van der Waals surface area contributed by atoms with Gasteiger partial charge in [-0.15, -0.1) is 11.8 Å². The fraction of sp³-hybridized carbons (Fsp3) is 0.562. The number of thioether (sulfide) groups is 1. The van der Waals surface area contributed by atoms with Gasteiger partial charge in [-0.25, -0.2) is 4.39 Å². The van der Waals surface area contributed by atoms with Crippen molar-refractivity contribution in [1.82, 2.24) is 5.32 Å². The van der Waals surface area contributed by atoms with Gasteiger partial charge >= 0.3 is 5.97 Å². The maximum Gasteiger partial charge on any atom is 0.323 e. The van der Waals surface area contributed by atoms with Gasteiger partial charge in [0.1, 0.15) is 11.4 Å². The Hall–Kier alpha value is -1.07. The summed E-state index contributed by atoms with van der Waals surface area (Å²) in [6.07, 6.45) is 2.83. The van der Waals surface area contributed by atoms with Crippen LogP contribution in [0.4, 0.5) is 4.39 Å². The highest BCUT2D eigenvalue weighted by molar-refractivity contribution is 7.99. The summed E-state index contributed by atoms with van der Waals surface area (Å²) in [6, 6.07) is 6.48. The molecule has 1 aromatic rings. The van der Waals surface area contributed by atoms with Crippen molar-refractivity contribution in [3.05, 3.63) is 30.1 Å². The zero-order valence-electron chi connectivity index (χ0n) is 12.7. The van der Waals surface area contributed by atoms with Crippen molar-refractivity contribution < 1.29 is 14.3 Å². The molecule has 1 rings (SSSR count). The van der Waals surface area contributed by atoms with E-state index in [0.29, 0.717) is 19.4 Å². The predicted molar refractivity (Wildman–Crippen MR) is 85.3 cm³/mol. The van der Waals surface area contributed by atoms with E-state index >= 15 is 0 Å². The number of carboxylic acids is 1. The second-order valence-electron chi connectivity index (χ2n) is 5.08. The van der Waals surface area contributed by atoms with Crippen LogP contribution >= 0.6 is 11.8 Å². The van der Waals surface area contributed by atoms with Gasteiger partial charge in [0.25, 0.3) is 0 Å². The molecule has 0 aliphatic heterocycles. The van der Waals surface area contributed by atoms with E-state index in [1.807, 2.05) is 19.9 Å². The first-order valence-corrected chi connectivity index (χ1v) is 8.39. The van der Waals surface area contributed by atoms with Crippen molar-refractivity contribution in [2.45, 2.75) is 50.0 Å². The van der Waals surface area contributed by atoms with Crippen LogP contribution in [-0.4, -0.2) is 28.9 Å². The number of rotatable bonds is 10. The lowest BCUT2D eigenvalue weighted by molar-refractivity contribution is -0.145. The van der Waals surface area contributed by atoms with Crippen LogP contribution in [0.2, 0.25) is 0 Å². The van der Waals surface area contributed by atoms with Crippen molar-refractivity contribution in [3.8, 4) is 0 Å². The van der Waals surface area contributed by atoms with E-state index in [0.717, 1.165) is 23.5 Å². The van der Waals surface area contributed by atoms with Crippen LogP contribution < -0.4 is 5.32 Å². The number of hydrogen-bond donors (Lipinski definition) is 2. The summed E-state index contributed by atoms with van der Waals surface area (Å²) in [7, 11) is 0. The fourth-order valence-corrected chi connectivity index (χ4v) is 3.10. The minimum atomic E-state index is -0.835. The summed E-state index contributed by atoms with van der Waals surface area (Å²) in [5.41, 5.74) is -0.835. The quantitative estimate of drug-likeness (QED) is 0.507. The number of carbonyl (C=O) groups is 1. The first-order chi connectivity index (χ1) is 10.0. The molecule has 2 N–H and O–H groups in total. The normalized spacial score (nSPS) is 13.9. The van der Waals surface area contributed by atoms with Crippen LogP contribution in [0, 0.1) is 5.82 Å². The molecule has 0 heterocycles. The average Bonchev–Trinajstić information content (AvgIpc) is 2.46. The second-order valence-corrected chi connectivity index (χ2v) is 6.25. The van der Waals surface area contributed by atoms with Crippen molar-refractivity contribution in [2.75, 3.05) is 12.3 Å². The lowest BCUT2D eigenvalue weighted by Gasteiger charge is -2.29. The maximum absolute atomic E-state index is 13.1. The van der Waals surface area contributed by atoms with E-state index in [1.165, 1.54) is 12.1 Å². The molecule has 0 amide bonds. The lowest BCUT2D eigenvalue weighted by Crippen LogP contribution is -2.52. The van der Waals surface area contributed by atoms with Gasteiger partial charge < -0.3 is 10.4 Å². The molecule has 1 aromatic carbocycles. The summed E-state index contributed by atoms with van der Waals surface area (Å²) >= 11 is 1.56. The SMILES string of the molecule is CCCNC(CC)(CCCSc1cccc(F)c1)C(=O)O. The molecule has 1 unspecified atom stereocenters.